The first kappa shape index (κ1) is 12.9. The maximum atomic E-state index is 4.80. The molecule has 1 heteroatoms. The lowest BCUT2D eigenvalue weighted by atomic mass is 9.98. The van der Waals surface area contributed by atoms with Crippen LogP contribution in [-0.4, -0.2) is 4.98 Å². The molecule has 1 heterocycles. The Hall–Kier alpha value is -2.15. The highest BCUT2D eigenvalue weighted by atomic mass is 14.7. The molecule has 0 spiro atoms. The second kappa shape index (κ2) is 4.75. The quantitative estimate of drug-likeness (QED) is 0.591. The van der Waals surface area contributed by atoms with Crippen LogP contribution in [0.25, 0.3) is 22.0 Å². The maximum absolute atomic E-state index is 4.80. The molecule has 0 saturated heterocycles. The van der Waals surface area contributed by atoms with Crippen molar-refractivity contribution in [2.75, 3.05) is 0 Å². The van der Waals surface area contributed by atoms with Gasteiger partial charge in [0.2, 0.25) is 0 Å². The highest BCUT2D eigenvalue weighted by Gasteiger charge is 2.08. The molecule has 0 radical (unpaired) electrons. The summed E-state index contributed by atoms with van der Waals surface area (Å²) in [6.07, 6.45) is 0. The average Bonchev–Trinajstić information content (AvgIpc) is 2.39. The number of hydrogen-bond donors (Lipinski definition) is 0. The van der Waals surface area contributed by atoms with Crippen LogP contribution in [0.3, 0.4) is 0 Å². The molecule has 20 heavy (non-hydrogen) atoms. The van der Waals surface area contributed by atoms with Gasteiger partial charge in [-0.05, 0) is 56.5 Å². The van der Waals surface area contributed by atoms with E-state index in [9.17, 15) is 0 Å². The van der Waals surface area contributed by atoms with Crippen molar-refractivity contribution in [3.05, 3.63) is 64.8 Å². The minimum Gasteiger partial charge on any atom is -0.252 e. The van der Waals surface area contributed by atoms with Crippen LogP contribution in [-0.2, 0) is 0 Å². The van der Waals surface area contributed by atoms with E-state index in [-0.39, 0.29) is 0 Å². The fourth-order valence-corrected chi connectivity index (χ4v) is 2.75. The van der Waals surface area contributed by atoms with Crippen LogP contribution in [0.15, 0.2) is 42.5 Å². The third-order valence-electron chi connectivity index (χ3n) is 3.84. The number of benzene rings is 2. The standard InChI is InChI=1S/C19H19N/c1-12-5-7-16(8-6-12)18-11-17-14(3)9-13(2)10-19(17)20-15(18)4/h5-11H,1-4H3. The number of aromatic nitrogens is 1. The van der Waals surface area contributed by atoms with Crippen molar-refractivity contribution in [1.82, 2.24) is 4.98 Å². The van der Waals surface area contributed by atoms with Crippen molar-refractivity contribution in [3.63, 3.8) is 0 Å². The van der Waals surface area contributed by atoms with Gasteiger partial charge >= 0.3 is 0 Å². The van der Waals surface area contributed by atoms with Crippen molar-refractivity contribution in [1.29, 1.82) is 0 Å². The average molecular weight is 261 g/mol. The van der Waals surface area contributed by atoms with E-state index < -0.39 is 0 Å². The van der Waals surface area contributed by atoms with Gasteiger partial charge in [-0.15, -0.1) is 0 Å². The summed E-state index contributed by atoms with van der Waals surface area (Å²) >= 11 is 0. The molecule has 0 amide bonds. The van der Waals surface area contributed by atoms with Gasteiger partial charge in [-0.25, -0.2) is 0 Å². The van der Waals surface area contributed by atoms with Gasteiger partial charge in [0.1, 0.15) is 0 Å². The zero-order valence-electron chi connectivity index (χ0n) is 12.5. The molecule has 0 N–H and O–H groups in total. The van der Waals surface area contributed by atoms with Crippen molar-refractivity contribution in [2.45, 2.75) is 27.7 Å². The fraction of sp³-hybridized carbons (Fsp3) is 0.211. The van der Waals surface area contributed by atoms with Gasteiger partial charge < -0.3 is 0 Å². The van der Waals surface area contributed by atoms with E-state index >= 15 is 0 Å². The Morgan fingerprint density at radius 1 is 0.750 bits per heavy atom. The lowest BCUT2D eigenvalue weighted by Gasteiger charge is -2.10. The van der Waals surface area contributed by atoms with Crippen LogP contribution in [0.2, 0.25) is 0 Å². The van der Waals surface area contributed by atoms with Crippen molar-refractivity contribution in [3.8, 4) is 11.1 Å². The van der Waals surface area contributed by atoms with Crippen LogP contribution in [0, 0.1) is 27.7 Å². The summed E-state index contributed by atoms with van der Waals surface area (Å²) in [7, 11) is 0. The third kappa shape index (κ3) is 2.20. The van der Waals surface area contributed by atoms with Gasteiger partial charge in [0.25, 0.3) is 0 Å². The second-order valence-corrected chi connectivity index (χ2v) is 5.64. The predicted octanol–water partition coefficient (Wildman–Crippen LogP) is 5.14. The Labute approximate surface area is 120 Å². The number of rotatable bonds is 1. The largest absolute Gasteiger partial charge is 0.252 e. The predicted molar refractivity (Wildman–Crippen MR) is 86.1 cm³/mol. The molecule has 100 valence electrons. The minimum atomic E-state index is 1.09. The summed E-state index contributed by atoms with van der Waals surface area (Å²) in [6.45, 7) is 8.48. The third-order valence-corrected chi connectivity index (χ3v) is 3.84. The molecule has 0 atom stereocenters. The first-order chi connectivity index (χ1) is 9.54. The zero-order chi connectivity index (χ0) is 14.3. The lowest BCUT2D eigenvalue weighted by Crippen LogP contribution is -1.92. The summed E-state index contributed by atoms with van der Waals surface area (Å²) in [5.41, 5.74) is 8.49. The molecule has 1 aromatic heterocycles. The number of pyridine rings is 1. The zero-order valence-corrected chi connectivity index (χ0v) is 12.5. The smallest absolute Gasteiger partial charge is 0.0710 e. The molecule has 2 aromatic carbocycles. The van der Waals surface area contributed by atoms with Crippen LogP contribution in [0.5, 0.6) is 0 Å². The highest BCUT2D eigenvalue weighted by molar-refractivity contribution is 5.88. The van der Waals surface area contributed by atoms with Crippen molar-refractivity contribution >= 4 is 10.9 Å². The van der Waals surface area contributed by atoms with Gasteiger partial charge in [0.05, 0.1) is 5.52 Å². The van der Waals surface area contributed by atoms with Gasteiger partial charge in [-0.3, -0.25) is 4.98 Å². The summed E-state index contributed by atoms with van der Waals surface area (Å²) < 4.78 is 0. The first-order valence-corrected chi connectivity index (χ1v) is 7.00. The number of fused-ring (bicyclic) bond motifs is 1. The molecule has 0 bridgehead atoms. The molecule has 3 rings (SSSR count). The highest BCUT2D eigenvalue weighted by Crippen LogP contribution is 2.28. The Morgan fingerprint density at radius 2 is 1.45 bits per heavy atom. The van der Waals surface area contributed by atoms with E-state index in [1.54, 1.807) is 0 Å². The van der Waals surface area contributed by atoms with Crippen LogP contribution in [0.1, 0.15) is 22.4 Å². The summed E-state index contributed by atoms with van der Waals surface area (Å²) in [4.78, 5) is 4.80. The van der Waals surface area contributed by atoms with Gasteiger partial charge in [0.15, 0.2) is 0 Å². The van der Waals surface area contributed by atoms with Gasteiger partial charge in [-0.2, -0.15) is 0 Å². The first-order valence-electron chi connectivity index (χ1n) is 7.00. The maximum Gasteiger partial charge on any atom is 0.0710 e. The molecule has 0 fully saturated rings. The van der Waals surface area contributed by atoms with Crippen LogP contribution >= 0.6 is 0 Å². The number of hydrogen-bond acceptors (Lipinski definition) is 1. The topological polar surface area (TPSA) is 12.9 Å². The minimum absolute atomic E-state index is 1.09. The molecule has 0 aliphatic carbocycles. The number of aryl methyl sites for hydroxylation is 4. The Balaban J connectivity index is 2.26. The summed E-state index contributed by atoms with van der Waals surface area (Å²) in [5, 5.41) is 1.25. The monoisotopic (exact) mass is 261 g/mol. The van der Waals surface area contributed by atoms with E-state index in [2.05, 4.69) is 70.2 Å². The molecule has 0 aliphatic rings. The van der Waals surface area contributed by atoms with E-state index in [0.29, 0.717) is 0 Å². The molecule has 0 saturated carbocycles. The SMILES string of the molecule is Cc1ccc(-c2cc3c(C)cc(C)cc3nc2C)cc1. The van der Waals surface area contributed by atoms with E-state index in [1.165, 1.54) is 33.2 Å². The normalized spacial score (nSPS) is 11.0. The Bertz CT molecular complexity index is 783. The van der Waals surface area contributed by atoms with Gasteiger partial charge in [-0.1, -0.05) is 35.9 Å². The van der Waals surface area contributed by atoms with E-state index in [0.717, 1.165) is 11.2 Å². The summed E-state index contributed by atoms with van der Waals surface area (Å²) in [6, 6.07) is 15.3. The van der Waals surface area contributed by atoms with Crippen molar-refractivity contribution in [2.24, 2.45) is 0 Å². The van der Waals surface area contributed by atoms with Crippen LogP contribution < -0.4 is 0 Å². The molecule has 3 aromatic rings. The van der Waals surface area contributed by atoms with Crippen LogP contribution in [0.4, 0.5) is 0 Å². The molecular formula is C19H19N. The molecule has 0 aliphatic heterocycles. The molecule has 0 unspecified atom stereocenters. The van der Waals surface area contributed by atoms with E-state index in [4.69, 9.17) is 4.98 Å². The Morgan fingerprint density at radius 3 is 2.15 bits per heavy atom. The molecule has 1 nitrogen and oxygen atoms in total. The number of nitrogens with zero attached hydrogens (tertiary/aromatic N) is 1. The van der Waals surface area contributed by atoms with Gasteiger partial charge in [0, 0.05) is 16.6 Å². The molecular weight excluding hydrogens is 242 g/mol. The Kier molecular flexibility index (Phi) is 3.06. The summed E-state index contributed by atoms with van der Waals surface area (Å²) in [5.74, 6) is 0. The lowest BCUT2D eigenvalue weighted by molar-refractivity contribution is 1.24. The second-order valence-electron chi connectivity index (χ2n) is 5.64. The van der Waals surface area contributed by atoms with E-state index in [1.807, 2.05) is 0 Å². The van der Waals surface area contributed by atoms with Crippen molar-refractivity contribution < 1.29 is 0 Å². The fourth-order valence-electron chi connectivity index (χ4n) is 2.75.